The zero-order chi connectivity index (χ0) is 22.7. The molecule has 1 aliphatic rings. The third-order valence-electron chi connectivity index (χ3n) is 6.16. The molecule has 168 valence electrons. The molecule has 1 unspecified atom stereocenters. The first-order chi connectivity index (χ1) is 15.4. The average molecular weight is 441 g/mol. The van der Waals surface area contributed by atoms with E-state index in [0.29, 0.717) is 17.7 Å². The van der Waals surface area contributed by atoms with E-state index >= 15 is 0 Å². The van der Waals surface area contributed by atoms with Crippen molar-refractivity contribution in [3.63, 3.8) is 0 Å². The Hall–Kier alpha value is -2.93. The predicted octanol–water partition coefficient (Wildman–Crippen LogP) is 6.28. The SMILES string of the molecule is CN(C)C(c1ccc(F)cc1)C1CCC(C=Cc2nc(-c3ccc(F)cc3F)no2)CC1. The van der Waals surface area contributed by atoms with E-state index in [4.69, 9.17) is 4.52 Å². The van der Waals surface area contributed by atoms with E-state index in [1.54, 1.807) is 6.08 Å². The highest BCUT2D eigenvalue weighted by molar-refractivity contribution is 5.56. The van der Waals surface area contributed by atoms with Crippen molar-refractivity contribution in [1.29, 1.82) is 0 Å². The smallest absolute Gasteiger partial charge is 0.250 e. The molecule has 3 aromatic rings. The van der Waals surface area contributed by atoms with Gasteiger partial charge in [-0.2, -0.15) is 4.98 Å². The van der Waals surface area contributed by atoms with Crippen molar-refractivity contribution >= 4 is 6.08 Å². The summed E-state index contributed by atoms with van der Waals surface area (Å²) in [6, 6.07) is 10.3. The quantitative estimate of drug-likeness (QED) is 0.452. The van der Waals surface area contributed by atoms with Crippen LogP contribution in [-0.2, 0) is 0 Å². The molecule has 0 saturated heterocycles. The van der Waals surface area contributed by atoms with E-state index in [1.165, 1.54) is 18.2 Å². The lowest BCUT2D eigenvalue weighted by atomic mass is 9.76. The Bertz CT molecular complexity index is 1070. The van der Waals surface area contributed by atoms with Gasteiger partial charge in [0, 0.05) is 12.1 Å². The molecule has 1 aromatic heterocycles. The second-order valence-electron chi connectivity index (χ2n) is 8.57. The number of aromatic nitrogens is 2. The van der Waals surface area contributed by atoms with Crippen LogP contribution in [0.3, 0.4) is 0 Å². The summed E-state index contributed by atoms with van der Waals surface area (Å²) in [7, 11) is 4.13. The maximum absolute atomic E-state index is 13.9. The average Bonchev–Trinajstić information content (AvgIpc) is 3.23. The fraction of sp³-hybridized carbons (Fsp3) is 0.360. The van der Waals surface area contributed by atoms with Crippen LogP contribution in [0.5, 0.6) is 0 Å². The second kappa shape index (κ2) is 9.69. The van der Waals surface area contributed by atoms with Gasteiger partial charge >= 0.3 is 0 Å². The topological polar surface area (TPSA) is 42.2 Å². The lowest BCUT2D eigenvalue weighted by Crippen LogP contribution is -2.30. The molecule has 0 spiro atoms. The molecular weight excluding hydrogens is 415 g/mol. The van der Waals surface area contributed by atoms with Crippen LogP contribution < -0.4 is 0 Å². The van der Waals surface area contributed by atoms with Gasteiger partial charge in [-0.15, -0.1) is 0 Å². The standard InChI is InChI=1S/C25H26F3N3O/c1-31(2)24(18-8-10-19(26)11-9-18)17-6-3-16(4-7-17)5-14-23-29-25(30-32-23)21-13-12-20(27)15-22(21)28/h5,8-17,24H,3-4,6-7H2,1-2H3. The molecule has 0 amide bonds. The Morgan fingerprint density at radius 2 is 1.66 bits per heavy atom. The minimum absolute atomic E-state index is 0.0963. The molecule has 1 aliphatic carbocycles. The number of nitrogens with zero attached hydrogens (tertiary/aromatic N) is 3. The predicted molar refractivity (Wildman–Crippen MR) is 117 cm³/mol. The number of allylic oxidation sites excluding steroid dienone is 1. The van der Waals surface area contributed by atoms with Crippen molar-refractivity contribution in [2.24, 2.45) is 11.8 Å². The first-order valence-electron chi connectivity index (χ1n) is 10.8. The Morgan fingerprint density at radius 3 is 2.31 bits per heavy atom. The van der Waals surface area contributed by atoms with Crippen LogP contribution in [0.2, 0.25) is 0 Å². The third-order valence-corrected chi connectivity index (χ3v) is 6.16. The van der Waals surface area contributed by atoms with Crippen LogP contribution in [0, 0.1) is 29.3 Å². The van der Waals surface area contributed by atoms with Crippen molar-refractivity contribution in [2.45, 2.75) is 31.7 Å². The highest BCUT2D eigenvalue weighted by Crippen LogP contribution is 2.39. The summed E-state index contributed by atoms with van der Waals surface area (Å²) in [5.41, 5.74) is 1.24. The van der Waals surface area contributed by atoms with E-state index in [9.17, 15) is 13.2 Å². The van der Waals surface area contributed by atoms with E-state index in [-0.39, 0.29) is 23.2 Å². The van der Waals surface area contributed by atoms with Gasteiger partial charge in [-0.3, -0.25) is 0 Å². The number of hydrogen-bond donors (Lipinski definition) is 0. The summed E-state index contributed by atoms with van der Waals surface area (Å²) in [5.74, 6) is -0.317. The van der Waals surface area contributed by atoms with Crippen LogP contribution in [0.1, 0.15) is 43.2 Å². The molecule has 1 atom stereocenters. The van der Waals surface area contributed by atoms with Gasteiger partial charge in [0.15, 0.2) is 0 Å². The Kier molecular flexibility index (Phi) is 6.74. The van der Waals surface area contributed by atoms with Gasteiger partial charge in [0.2, 0.25) is 5.82 Å². The van der Waals surface area contributed by atoms with E-state index in [2.05, 4.69) is 35.2 Å². The van der Waals surface area contributed by atoms with Crippen molar-refractivity contribution in [3.05, 3.63) is 77.4 Å². The zero-order valence-electron chi connectivity index (χ0n) is 18.1. The summed E-state index contributed by atoms with van der Waals surface area (Å²) in [6.45, 7) is 0. The van der Waals surface area contributed by atoms with Gasteiger partial charge in [-0.1, -0.05) is 23.4 Å². The molecular formula is C25H26F3N3O. The van der Waals surface area contributed by atoms with Gasteiger partial charge in [-0.25, -0.2) is 13.2 Å². The van der Waals surface area contributed by atoms with Gasteiger partial charge < -0.3 is 9.42 Å². The van der Waals surface area contributed by atoms with Crippen LogP contribution in [-0.4, -0.2) is 29.1 Å². The third kappa shape index (κ3) is 5.10. The van der Waals surface area contributed by atoms with Crippen molar-refractivity contribution in [3.8, 4) is 11.4 Å². The van der Waals surface area contributed by atoms with E-state index in [1.807, 2.05) is 12.1 Å². The van der Waals surface area contributed by atoms with Crippen molar-refractivity contribution in [1.82, 2.24) is 15.0 Å². The molecule has 0 aliphatic heterocycles. The Morgan fingerprint density at radius 1 is 0.969 bits per heavy atom. The monoisotopic (exact) mass is 441 g/mol. The first-order valence-corrected chi connectivity index (χ1v) is 10.8. The van der Waals surface area contributed by atoms with Gasteiger partial charge in [0.1, 0.15) is 17.5 Å². The Labute approximate surface area is 185 Å². The number of halogens is 3. The molecule has 4 rings (SSSR count). The van der Waals surface area contributed by atoms with E-state index < -0.39 is 11.6 Å². The minimum Gasteiger partial charge on any atom is -0.334 e. The van der Waals surface area contributed by atoms with Gasteiger partial charge in [-0.05, 0) is 87.5 Å². The first kappa shape index (κ1) is 22.3. The number of hydrogen-bond acceptors (Lipinski definition) is 4. The summed E-state index contributed by atoms with van der Waals surface area (Å²) in [4.78, 5) is 6.42. The minimum atomic E-state index is -0.726. The Balaban J connectivity index is 1.37. The number of rotatable bonds is 6. The summed E-state index contributed by atoms with van der Waals surface area (Å²) < 4.78 is 45.6. The van der Waals surface area contributed by atoms with Crippen LogP contribution >= 0.6 is 0 Å². The molecule has 0 bridgehead atoms. The highest BCUT2D eigenvalue weighted by Gasteiger charge is 2.29. The molecule has 0 N–H and O–H groups in total. The summed E-state index contributed by atoms with van der Waals surface area (Å²) in [5, 5.41) is 3.80. The fourth-order valence-corrected chi connectivity index (χ4v) is 4.61. The van der Waals surface area contributed by atoms with Crippen molar-refractivity contribution < 1.29 is 17.7 Å². The largest absolute Gasteiger partial charge is 0.334 e. The van der Waals surface area contributed by atoms with E-state index in [0.717, 1.165) is 43.4 Å². The lowest BCUT2D eigenvalue weighted by molar-refractivity contribution is 0.159. The molecule has 1 heterocycles. The summed E-state index contributed by atoms with van der Waals surface area (Å²) >= 11 is 0. The highest BCUT2D eigenvalue weighted by atomic mass is 19.1. The second-order valence-corrected chi connectivity index (χ2v) is 8.57. The van der Waals surface area contributed by atoms with Crippen LogP contribution in [0.15, 0.2) is 53.1 Å². The van der Waals surface area contributed by atoms with Crippen molar-refractivity contribution in [2.75, 3.05) is 14.1 Å². The summed E-state index contributed by atoms with van der Waals surface area (Å²) in [6.07, 6.45) is 8.01. The molecule has 32 heavy (non-hydrogen) atoms. The maximum atomic E-state index is 13.9. The number of benzene rings is 2. The molecule has 1 saturated carbocycles. The van der Waals surface area contributed by atoms with Gasteiger partial charge in [0.25, 0.3) is 5.89 Å². The molecule has 7 heteroatoms. The van der Waals surface area contributed by atoms with Crippen LogP contribution in [0.4, 0.5) is 13.2 Å². The molecule has 1 fully saturated rings. The fourth-order valence-electron chi connectivity index (χ4n) is 4.61. The van der Waals surface area contributed by atoms with Crippen LogP contribution in [0.25, 0.3) is 17.5 Å². The normalized spacial score (nSPS) is 20.2. The van der Waals surface area contributed by atoms with Gasteiger partial charge in [0.05, 0.1) is 5.56 Å². The molecule has 0 radical (unpaired) electrons. The lowest BCUT2D eigenvalue weighted by Gasteiger charge is -2.37. The zero-order valence-corrected chi connectivity index (χ0v) is 18.1. The molecule has 2 aromatic carbocycles. The maximum Gasteiger partial charge on any atom is 0.250 e. The molecule has 4 nitrogen and oxygen atoms in total.